The van der Waals surface area contributed by atoms with Gasteiger partial charge in [-0.15, -0.1) is 10.2 Å². The molecule has 3 N–H and O–H groups in total. The molecular weight excluding hydrogens is 474 g/mol. The minimum atomic E-state index is -0.525. The Hall–Kier alpha value is -4.24. The third-order valence-corrected chi connectivity index (χ3v) is 6.43. The van der Waals surface area contributed by atoms with Crippen LogP contribution < -0.4 is 16.2 Å². The Kier molecular flexibility index (Phi) is 7.92. The number of aromatic amines is 1. The van der Waals surface area contributed by atoms with E-state index in [2.05, 4.69) is 25.8 Å². The maximum Gasteiger partial charge on any atom is 0.278 e. The number of carbonyl (C=O) groups is 2. The average Bonchev–Trinajstić information content (AvgIpc) is 2.90. The highest BCUT2D eigenvalue weighted by atomic mass is 32.2. The van der Waals surface area contributed by atoms with E-state index in [0.717, 1.165) is 29.4 Å². The summed E-state index contributed by atoms with van der Waals surface area (Å²) in [5, 5.41) is 13.7. The van der Waals surface area contributed by atoms with Gasteiger partial charge in [0.15, 0.2) is 10.9 Å². The summed E-state index contributed by atoms with van der Waals surface area (Å²) in [4.78, 5) is 40.9. The molecule has 8 nitrogen and oxygen atoms in total. The van der Waals surface area contributed by atoms with Crippen molar-refractivity contribution < 1.29 is 9.59 Å². The van der Waals surface area contributed by atoms with E-state index in [9.17, 15) is 14.4 Å². The van der Waals surface area contributed by atoms with Crippen molar-refractivity contribution in [1.29, 1.82) is 0 Å². The number of hydrogen-bond acceptors (Lipinski definition) is 6. The van der Waals surface area contributed by atoms with Crippen molar-refractivity contribution in [1.82, 2.24) is 15.2 Å². The summed E-state index contributed by atoms with van der Waals surface area (Å²) in [6.45, 7) is 3.76. The Balaban J connectivity index is 1.49. The number of benzene rings is 3. The molecule has 9 heteroatoms. The number of rotatable bonds is 8. The molecule has 182 valence electrons. The predicted molar refractivity (Wildman–Crippen MR) is 142 cm³/mol. The Morgan fingerprint density at radius 1 is 0.889 bits per heavy atom. The number of thioether (sulfide) groups is 1. The maximum atomic E-state index is 12.9. The fourth-order valence-electron chi connectivity index (χ4n) is 3.54. The fourth-order valence-corrected chi connectivity index (χ4v) is 4.28. The zero-order chi connectivity index (χ0) is 25.5. The molecule has 4 rings (SSSR count). The lowest BCUT2D eigenvalue weighted by molar-refractivity contribution is -0.115. The highest BCUT2D eigenvalue weighted by Gasteiger charge is 2.19. The van der Waals surface area contributed by atoms with Crippen LogP contribution in [0.3, 0.4) is 0 Å². The summed E-state index contributed by atoms with van der Waals surface area (Å²) in [6, 6.07) is 23.3. The van der Waals surface area contributed by atoms with E-state index in [1.54, 1.807) is 55.5 Å². The molecule has 0 aliphatic carbocycles. The third-order valence-electron chi connectivity index (χ3n) is 5.46. The standard InChI is InChI=1S/C27H25N5O3S/c1-3-18-11-7-9-15-21(18)28-24(33)17(2)36-27-30-26(35)23(31-32-27)20-14-8-10-16-22(20)29-25(34)19-12-5-4-6-13-19/h4-17H,3H2,1-2H3,(H,28,33)(H,29,34)(H,30,32,35)/t17-/m0/s1. The van der Waals surface area contributed by atoms with Gasteiger partial charge in [-0.25, -0.2) is 0 Å². The first-order chi connectivity index (χ1) is 17.5. The number of para-hydroxylation sites is 2. The van der Waals surface area contributed by atoms with E-state index in [1.165, 1.54) is 0 Å². The van der Waals surface area contributed by atoms with Crippen molar-refractivity contribution in [2.75, 3.05) is 10.6 Å². The molecule has 0 bridgehead atoms. The van der Waals surface area contributed by atoms with E-state index in [4.69, 9.17) is 0 Å². The molecule has 0 saturated carbocycles. The second kappa shape index (κ2) is 11.5. The van der Waals surface area contributed by atoms with Gasteiger partial charge in [-0.3, -0.25) is 19.4 Å². The molecule has 2 amide bonds. The smallest absolute Gasteiger partial charge is 0.278 e. The quantitative estimate of drug-likeness (QED) is 0.301. The van der Waals surface area contributed by atoms with Crippen LogP contribution in [0.5, 0.6) is 0 Å². The minimum absolute atomic E-state index is 0.0669. The molecular formula is C27H25N5O3S. The number of H-pyrrole nitrogens is 1. The first-order valence-electron chi connectivity index (χ1n) is 11.4. The molecule has 1 atom stereocenters. The van der Waals surface area contributed by atoms with Crippen LogP contribution in [0.1, 0.15) is 29.8 Å². The van der Waals surface area contributed by atoms with Crippen molar-refractivity contribution in [3.63, 3.8) is 0 Å². The highest BCUT2D eigenvalue weighted by molar-refractivity contribution is 8.00. The summed E-state index contributed by atoms with van der Waals surface area (Å²) >= 11 is 1.10. The molecule has 0 saturated heterocycles. The van der Waals surface area contributed by atoms with E-state index < -0.39 is 10.8 Å². The second-order valence-corrected chi connectivity index (χ2v) is 9.26. The van der Waals surface area contributed by atoms with Crippen molar-refractivity contribution in [2.24, 2.45) is 0 Å². The Morgan fingerprint density at radius 2 is 1.56 bits per heavy atom. The molecule has 36 heavy (non-hydrogen) atoms. The normalized spacial score (nSPS) is 11.5. The summed E-state index contributed by atoms with van der Waals surface area (Å²) in [5.74, 6) is -0.509. The van der Waals surface area contributed by atoms with Crippen LogP contribution in [0.2, 0.25) is 0 Å². The van der Waals surface area contributed by atoms with Crippen LogP contribution in [-0.2, 0) is 11.2 Å². The molecule has 0 aliphatic rings. The number of nitrogens with zero attached hydrogens (tertiary/aromatic N) is 2. The van der Waals surface area contributed by atoms with Gasteiger partial charge in [-0.1, -0.05) is 73.3 Å². The molecule has 0 radical (unpaired) electrons. The molecule has 1 heterocycles. The summed E-state index contributed by atoms with van der Waals surface area (Å²) in [6.07, 6.45) is 0.797. The Bertz CT molecular complexity index is 1440. The number of nitrogens with one attached hydrogen (secondary N) is 3. The number of amides is 2. The summed E-state index contributed by atoms with van der Waals surface area (Å²) in [7, 11) is 0. The van der Waals surface area contributed by atoms with E-state index in [0.29, 0.717) is 16.8 Å². The van der Waals surface area contributed by atoms with Crippen molar-refractivity contribution >= 4 is 35.0 Å². The van der Waals surface area contributed by atoms with Gasteiger partial charge in [0.1, 0.15) is 0 Å². The van der Waals surface area contributed by atoms with Crippen LogP contribution in [0.15, 0.2) is 88.8 Å². The summed E-state index contributed by atoms with van der Waals surface area (Å²) in [5.41, 5.74) is 2.77. The van der Waals surface area contributed by atoms with Gasteiger partial charge in [-0.05, 0) is 43.2 Å². The van der Waals surface area contributed by atoms with Crippen LogP contribution in [0.25, 0.3) is 11.3 Å². The van der Waals surface area contributed by atoms with Crippen molar-refractivity contribution in [3.8, 4) is 11.3 Å². The number of carbonyl (C=O) groups excluding carboxylic acids is 2. The lowest BCUT2D eigenvalue weighted by Crippen LogP contribution is -2.24. The van der Waals surface area contributed by atoms with E-state index in [-0.39, 0.29) is 22.7 Å². The monoisotopic (exact) mass is 499 g/mol. The van der Waals surface area contributed by atoms with Gasteiger partial charge in [0, 0.05) is 16.8 Å². The predicted octanol–water partition coefficient (Wildman–Crippen LogP) is 4.77. The number of aromatic nitrogens is 3. The zero-order valence-electron chi connectivity index (χ0n) is 19.8. The molecule has 1 aromatic heterocycles. The zero-order valence-corrected chi connectivity index (χ0v) is 20.6. The van der Waals surface area contributed by atoms with Crippen LogP contribution in [0, 0.1) is 0 Å². The minimum Gasteiger partial charge on any atom is -0.325 e. The van der Waals surface area contributed by atoms with Crippen LogP contribution in [-0.4, -0.2) is 32.2 Å². The fraction of sp³-hybridized carbons (Fsp3) is 0.148. The molecule has 0 spiro atoms. The van der Waals surface area contributed by atoms with Crippen LogP contribution >= 0.6 is 11.8 Å². The van der Waals surface area contributed by atoms with E-state index in [1.807, 2.05) is 37.3 Å². The highest BCUT2D eigenvalue weighted by Crippen LogP contribution is 2.26. The first kappa shape index (κ1) is 24.9. The second-order valence-electron chi connectivity index (χ2n) is 7.93. The third kappa shape index (κ3) is 5.87. The lowest BCUT2D eigenvalue weighted by Gasteiger charge is -2.14. The molecule has 0 aliphatic heterocycles. The number of hydrogen-bond donors (Lipinski definition) is 3. The SMILES string of the molecule is CCc1ccccc1NC(=O)[C@H](C)Sc1nnc(-c2ccccc2NC(=O)c2ccccc2)c(=O)[nH]1. The van der Waals surface area contributed by atoms with Gasteiger partial charge in [0.25, 0.3) is 11.5 Å². The van der Waals surface area contributed by atoms with E-state index >= 15 is 0 Å². The van der Waals surface area contributed by atoms with Crippen molar-refractivity contribution in [2.45, 2.75) is 30.7 Å². The Labute approximate surface area is 212 Å². The molecule has 0 fully saturated rings. The summed E-state index contributed by atoms with van der Waals surface area (Å²) < 4.78 is 0. The number of aryl methyl sites for hydroxylation is 1. The first-order valence-corrected chi connectivity index (χ1v) is 12.3. The average molecular weight is 500 g/mol. The maximum absolute atomic E-state index is 12.9. The van der Waals surface area contributed by atoms with Gasteiger partial charge in [-0.2, -0.15) is 0 Å². The largest absolute Gasteiger partial charge is 0.325 e. The molecule has 0 unspecified atom stereocenters. The van der Waals surface area contributed by atoms with Gasteiger partial charge >= 0.3 is 0 Å². The molecule has 4 aromatic rings. The van der Waals surface area contributed by atoms with Crippen molar-refractivity contribution in [3.05, 3.63) is 100 Å². The van der Waals surface area contributed by atoms with Gasteiger partial charge in [0.05, 0.1) is 10.9 Å². The van der Waals surface area contributed by atoms with Gasteiger partial charge < -0.3 is 10.6 Å². The topological polar surface area (TPSA) is 117 Å². The van der Waals surface area contributed by atoms with Gasteiger partial charge in [0.2, 0.25) is 5.91 Å². The molecule has 3 aromatic carbocycles. The number of anilines is 2. The lowest BCUT2D eigenvalue weighted by atomic mass is 10.1. The Morgan fingerprint density at radius 3 is 2.28 bits per heavy atom. The van der Waals surface area contributed by atoms with Crippen LogP contribution in [0.4, 0.5) is 11.4 Å².